The van der Waals surface area contributed by atoms with Crippen molar-refractivity contribution in [1.82, 2.24) is 4.90 Å². The molecule has 0 radical (unpaired) electrons. The van der Waals surface area contributed by atoms with Crippen LogP contribution in [0.2, 0.25) is 0 Å². The second-order valence-corrected chi connectivity index (χ2v) is 5.48. The van der Waals surface area contributed by atoms with Gasteiger partial charge in [0.05, 0.1) is 13.1 Å². The van der Waals surface area contributed by atoms with Crippen molar-refractivity contribution in [3.8, 4) is 0 Å². The fourth-order valence-electron chi connectivity index (χ4n) is 1.91. The molecule has 1 saturated heterocycles. The molecule has 2 aliphatic rings. The van der Waals surface area contributed by atoms with Crippen LogP contribution < -0.4 is 0 Å². The number of aliphatic hydroxyl groups is 1. The second kappa shape index (κ2) is 2.72. The summed E-state index contributed by atoms with van der Waals surface area (Å²) in [5, 5.41) is 10.00. The Hall–Kier alpha value is -0.570. The van der Waals surface area contributed by atoms with Crippen LogP contribution in [0.15, 0.2) is 0 Å². The van der Waals surface area contributed by atoms with Gasteiger partial charge in [0, 0.05) is 5.41 Å². The highest BCUT2D eigenvalue weighted by Gasteiger charge is 2.53. The Bertz CT molecular complexity index is 262. The van der Waals surface area contributed by atoms with Crippen LogP contribution in [-0.2, 0) is 4.79 Å². The van der Waals surface area contributed by atoms with Crippen LogP contribution in [-0.4, -0.2) is 34.6 Å². The SMILES string of the molecule is CC(C)C1(O)CN(C(=O)C2(C)CC2)C1. The average Bonchev–Trinajstić information content (AvgIpc) is 2.77. The molecule has 2 rings (SSSR count). The largest absolute Gasteiger partial charge is 0.386 e. The first-order valence-corrected chi connectivity index (χ1v) is 5.39. The molecule has 1 amide bonds. The maximum Gasteiger partial charge on any atom is 0.228 e. The number of hydrogen-bond donors (Lipinski definition) is 1. The van der Waals surface area contributed by atoms with E-state index in [4.69, 9.17) is 0 Å². The molecule has 0 atom stereocenters. The van der Waals surface area contributed by atoms with E-state index in [0.29, 0.717) is 13.1 Å². The Balaban J connectivity index is 1.91. The lowest BCUT2D eigenvalue weighted by molar-refractivity contribution is -0.168. The maximum atomic E-state index is 11.8. The Morgan fingerprint density at radius 3 is 2.21 bits per heavy atom. The zero-order chi connectivity index (χ0) is 10.6. The number of β-amino-alcohol motifs (C(OH)–C–C–N with tert-alkyl or cyclic N) is 1. The molecule has 0 spiro atoms. The minimum absolute atomic E-state index is 0.0850. The number of likely N-dealkylation sites (tertiary alicyclic amines) is 1. The van der Waals surface area contributed by atoms with Crippen molar-refractivity contribution in [1.29, 1.82) is 0 Å². The molecule has 3 nitrogen and oxygen atoms in total. The molecule has 1 saturated carbocycles. The van der Waals surface area contributed by atoms with Gasteiger partial charge in [-0.1, -0.05) is 20.8 Å². The first-order chi connectivity index (χ1) is 6.37. The van der Waals surface area contributed by atoms with Gasteiger partial charge in [-0.3, -0.25) is 4.79 Å². The van der Waals surface area contributed by atoms with E-state index in [-0.39, 0.29) is 17.2 Å². The van der Waals surface area contributed by atoms with Gasteiger partial charge in [-0.15, -0.1) is 0 Å². The highest BCUT2D eigenvalue weighted by atomic mass is 16.3. The van der Waals surface area contributed by atoms with Gasteiger partial charge in [0.15, 0.2) is 0 Å². The van der Waals surface area contributed by atoms with Gasteiger partial charge in [0.25, 0.3) is 0 Å². The smallest absolute Gasteiger partial charge is 0.228 e. The van der Waals surface area contributed by atoms with Crippen molar-refractivity contribution in [3.05, 3.63) is 0 Å². The predicted molar refractivity (Wildman–Crippen MR) is 53.7 cm³/mol. The summed E-state index contributed by atoms with van der Waals surface area (Å²) in [5.41, 5.74) is -0.709. The van der Waals surface area contributed by atoms with E-state index in [0.717, 1.165) is 12.8 Å². The van der Waals surface area contributed by atoms with Gasteiger partial charge in [-0.05, 0) is 18.8 Å². The summed E-state index contributed by atoms with van der Waals surface area (Å²) in [4.78, 5) is 13.6. The third-order valence-electron chi connectivity index (χ3n) is 3.81. The quantitative estimate of drug-likeness (QED) is 0.718. The molecule has 0 aromatic carbocycles. The molecule has 1 aliphatic heterocycles. The van der Waals surface area contributed by atoms with Crippen LogP contribution in [0.25, 0.3) is 0 Å². The summed E-state index contributed by atoms with van der Waals surface area (Å²) in [6, 6.07) is 0. The van der Waals surface area contributed by atoms with Gasteiger partial charge < -0.3 is 10.0 Å². The monoisotopic (exact) mass is 197 g/mol. The summed E-state index contributed by atoms with van der Waals surface area (Å²) in [6.45, 7) is 7.07. The fraction of sp³-hybridized carbons (Fsp3) is 0.909. The van der Waals surface area contributed by atoms with E-state index in [2.05, 4.69) is 0 Å². The van der Waals surface area contributed by atoms with Gasteiger partial charge in [-0.2, -0.15) is 0 Å². The van der Waals surface area contributed by atoms with Crippen LogP contribution in [0.5, 0.6) is 0 Å². The Labute approximate surface area is 85.1 Å². The lowest BCUT2D eigenvalue weighted by Crippen LogP contribution is -2.66. The topological polar surface area (TPSA) is 40.5 Å². The molecular formula is C11H19NO2. The lowest BCUT2D eigenvalue weighted by atomic mass is 9.82. The van der Waals surface area contributed by atoms with E-state index in [1.165, 1.54) is 0 Å². The Morgan fingerprint density at radius 2 is 1.86 bits per heavy atom. The van der Waals surface area contributed by atoms with E-state index < -0.39 is 5.60 Å². The van der Waals surface area contributed by atoms with Crippen LogP contribution >= 0.6 is 0 Å². The molecule has 1 aliphatic carbocycles. The third kappa shape index (κ3) is 1.34. The van der Waals surface area contributed by atoms with Crippen molar-refractivity contribution >= 4 is 5.91 Å². The van der Waals surface area contributed by atoms with Crippen LogP contribution in [0.3, 0.4) is 0 Å². The summed E-state index contributed by atoms with van der Waals surface area (Å²) >= 11 is 0. The first-order valence-electron chi connectivity index (χ1n) is 5.39. The number of amides is 1. The minimum atomic E-state index is -0.624. The number of nitrogens with zero attached hydrogens (tertiary/aromatic N) is 1. The van der Waals surface area contributed by atoms with Gasteiger partial charge >= 0.3 is 0 Å². The zero-order valence-electron chi connectivity index (χ0n) is 9.21. The molecule has 1 N–H and O–H groups in total. The Morgan fingerprint density at radius 1 is 1.36 bits per heavy atom. The van der Waals surface area contributed by atoms with Crippen molar-refractivity contribution in [2.75, 3.05) is 13.1 Å². The van der Waals surface area contributed by atoms with E-state index in [1.54, 1.807) is 4.90 Å². The zero-order valence-corrected chi connectivity index (χ0v) is 9.21. The third-order valence-corrected chi connectivity index (χ3v) is 3.81. The van der Waals surface area contributed by atoms with E-state index in [9.17, 15) is 9.90 Å². The van der Waals surface area contributed by atoms with Gasteiger partial charge in [0.1, 0.15) is 5.60 Å². The molecule has 0 aromatic heterocycles. The highest BCUT2D eigenvalue weighted by Crippen LogP contribution is 2.48. The molecule has 14 heavy (non-hydrogen) atoms. The molecule has 1 heterocycles. The van der Waals surface area contributed by atoms with Crippen molar-refractivity contribution < 1.29 is 9.90 Å². The maximum absolute atomic E-state index is 11.8. The second-order valence-electron chi connectivity index (χ2n) is 5.48. The van der Waals surface area contributed by atoms with E-state index >= 15 is 0 Å². The molecule has 0 bridgehead atoms. The number of carbonyl (C=O) groups excluding carboxylic acids is 1. The summed E-state index contributed by atoms with van der Waals surface area (Å²) in [5.74, 6) is 0.474. The van der Waals surface area contributed by atoms with Crippen LogP contribution in [0.4, 0.5) is 0 Å². The van der Waals surface area contributed by atoms with Crippen molar-refractivity contribution in [2.24, 2.45) is 11.3 Å². The summed E-state index contributed by atoms with van der Waals surface area (Å²) < 4.78 is 0. The number of hydrogen-bond acceptors (Lipinski definition) is 2. The van der Waals surface area contributed by atoms with Crippen LogP contribution in [0, 0.1) is 11.3 Å². The van der Waals surface area contributed by atoms with Gasteiger partial charge in [0.2, 0.25) is 5.91 Å². The summed E-state index contributed by atoms with van der Waals surface area (Å²) in [7, 11) is 0. The Kier molecular flexibility index (Phi) is 1.94. The molecule has 80 valence electrons. The highest BCUT2D eigenvalue weighted by molar-refractivity contribution is 5.85. The molecule has 0 aromatic rings. The van der Waals surface area contributed by atoms with Crippen molar-refractivity contribution in [2.45, 2.75) is 39.2 Å². The fourth-order valence-corrected chi connectivity index (χ4v) is 1.91. The number of rotatable bonds is 2. The van der Waals surface area contributed by atoms with Gasteiger partial charge in [-0.25, -0.2) is 0 Å². The standard InChI is InChI=1S/C11H19NO2/c1-8(2)11(14)6-12(7-11)9(13)10(3)4-5-10/h8,14H,4-7H2,1-3H3. The number of carbonyl (C=O) groups is 1. The van der Waals surface area contributed by atoms with E-state index in [1.807, 2.05) is 20.8 Å². The average molecular weight is 197 g/mol. The summed E-state index contributed by atoms with van der Waals surface area (Å²) in [6.07, 6.45) is 2.03. The normalized spacial score (nSPS) is 27.4. The van der Waals surface area contributed by atoms with Crippen molar-refractivity contribution in [3.63, 3.8) is 0 Å². The lowest BCUT2D eigenvalue weighted by Gasteiger charge is -2.49. The first kappa shape index (κ1) is 9.97. The minimum Gasteiger partial charge on any atom is -0.386 e. The molecule has 3 heteroatoms. The molecular weight excluding hydrogens is 178 g/mol. The predicted octanol–water partition coefficient (Wildman–Crippen LogP) is 1.02. The molecule has 0 unspecified atom stereocenters. The molecule has 2 fully saturated rings. The van der Waals surface area contributed by atoms with Crippen LogP contribution in [0.1, 0.15) is 33.6 Å².